The highest BCUT2D eigenvalue weighted by Crippen LogP contribution is 2.25. The fraction of sp³-hybridized carbons (Fsp3) is 0.360. The Balaban J connectivity index is 1.45. The van der Waals surface area contributed by atoms with Crippen LogP contribution in [0.15, 0.2) is 67.0 Å². The number of amides is 1. The van der Waals surface area contributed by atoms with Crippen molar-refractivity contribution >= 4 is 5.91 Å². The number of aromatic nitrogens is 2. The first-order valence-corrected chi connectivity index (χ1v) is 10.8. The van der Waals surface area contributed by atoms with Crippen LogP contribution >= 0.6 is 0 Å². The quantitative estimate of drug-likeness (QED) is 0.639. The number of nitrogens with one attached hydrogen (secondary N) is 1. The number of hydrogen-bond donors (Lipinski definition) is 1. The number of carbonyl (C=O) groups excluding carboxylic acids is 1. The lowest BCUT2D eigenvalue weighted by molar-refractivity contribution is -0.00923. The first-order chi connectivity index (χ1) is 15.0. The van der Waals surface area contributed by atoms with Gasteiger partial charge in [0.15, 0.2) is 0 Å². The number of carbonyl (C=O) groups is 1. The molecule has 1 saturated heterocycles. The Morgan fingerprint density at radius 2 is 1.81 bits per heavy atom. The SMILES string of the molecule is CC(C)(CNC(=O)c1ccccc1-c1ccc(Cn2cccn2)cc1)N1CCOCC1. The summed E-state index contributed by atoms with van der Waals surface area (Å²) in [6.07, 6.45) is 3.73. The third kappa shape index (κ3) is 5.21. The summed E-state index contributed by atoms with van der Waals surface area (Å²) in [4.78, 5) is 15.5. The molecule has 0 aliphatic carbocycles. The highest BCUT2D eigenvalue weighted by Gasteiger charge is 2.29. The monoisotopic (exact) mass is 418 g/mol. The molecular weight excluding hydrogens is 388 g/mol. The van der Waals surface area contributed by atoms with Crippen molar-refractivity contribution in [3.05, 3.63) is 78.1 Å². The molecule has 0 spiro atoms. The van der Waals surface area contributed by atoms with Crippen molar-refractivity contribution in [2.45, 2.75) is 25.9 Å². The van der Waals surface area contributed by atoms with Crippen LogP contribution in [0.25, 0.3) is 11.1 Å². The van der Waals surface area contributed by atoms with E-state index in [1.165, 1.54) is 5.56 Å². The molecule has 1 aliphatic rings. The number of morpholine rings is 1. The Morgan fingerprint density at radius 3 is 2.52 bits per heavy atom. The third-order valence-electron chi connectivity index (χ3n) is 5.89. The predicted octanol–water partition coefficient (Wildman–Crippen LogP) is 3.44. The molecule has 4 rings (SSSR count). The van der Waals surface area contributed by atoms with Crippen LogP contribution in [0.5, 0.6) is 0 Å². The average Bonchev–Trinajstić information content (AvgIpc) is 3.32. The van der Waals surface area contributed by atoms with E-state index in [2.05, 4.69) is 53.4 Å². The maximum absolute atomic E-state index is 13.1. The molecule has 1 amide bonds. The molecule has 2 aromatic carbocycles. The standard InChI is InChI=1S/C25H30N4O2/c1-25(2,28-14-16-31-17-15-28)19-26-24(30)23-7-4-3-6-22(23)21-10-8-20(9-11-21)18-29-13-5-12-27-29/h3-13H,14-19H2,1-2H3,(H,26,30). The van der Waals surface area contributed by atoms with Gasteiger partial charge < -0.3 is 10.1 Å². The fourth-order valence-electron chi connectivity index (χ4n) is 3.98. The maximum atomic E-state index is 13.1. The highest BCUT2D eigenvalue weighted by molar-refractivity contribution is 6.00. The minimum atomic E-state index is -0.122. The summed E-state index contributed by atoms with van der Waals surface area (Å²) in [6, 6.07) is 18.0. The van der Waals surface area contributed by atoms with Gasteiger partial charge in [0, 0.05) is 43.1 Å². The molecule has 31 heavy (non-hydrogen) atoms. The van der Waals surface area contributed by atoms with Crippen molar-refractivity contribution in [1.29, 1.82) is 0 Å². The van der Waals surface area contributed by atoms with E-state index < -0.39 is 0 Å². The Kier molecular flexibility index (Phi) is 6.49. The lowest BCUT2D eigenvalue weighted by Crippen LogP contribution is -2.55. The molecule has 0 radical (unpaired) electrons. The van der Waals surface area contributed by atoms with Crippen molar-refractivity contribution in [2.24, 2.45) is 0 Å². The first kappa shape index (κ1) is 21.3. The van der Waals surface area contributed by atoms with Gasteiger partial charge in [-0.25, -0.2) is 0 Å². The zero-order valence-corrected chi connectivity index (χ0v) is 18.3. The summed E-state index contributed by atoms with van der Waals surface area (Å²) >= 11 is 0. The normalized spacial score (nSPS) is 15.0. The molecule has 6 heteroatoms. The molecular formula is C25H30N4O2. The lowest BCUT2D eigenvalue weighted by Gasteiger charge is -2.40. The lowest BCUT2D eigenvalue weighted by atomic mass is 9.97. The molecule has 1 aliphatic heterocycles. The number of rotatable bonds is 7. The topological polar surface area (TPSA) is 59.4 Å². The third-order valence-corrected chi connectivity index (χ3v) is 5.89. The molecule has 2 heterocycles. The van der Waals surface area contributed by atoms with Gasteiger partial charge >= 0.3 is 0 Å². The van der Waals surface area contributed by atoms with Crippen LogP contribution in [0.1, 0.15) is 29.8 Å². The van der Waals surface area contributed by atoms with Crippen LogP contribution < -0.4 is 5.32 Å². The second-order valence-corrected chi connectivity index (χ2v) is 8.54. The fourth-order valence-corrected chi connectivity index (χ4v) is 3.98. The van der Waals surface area contributed by atoms with E-state index in [-0.39, 0.29) is 11.4 Å². The van der Waals surface area contributed by atoms with Gasteiger partial charge in [-0.1, -0.05) is 42.5 Å². The smallest absolute Gasteiger partial charge is 0.251 e. The molecule has 162 valence electrons. The summed E-state index contributed by atoms with van der Waals surface area (Å²) < 4.78 is 7.35. The van der Waals surface area contributed by atoms with Crippen molar-refractivity contribution in [2.75, 3.05) is 32.8 Å². The summed E-state index contributed by atoms with van der Waals surface area (Å²) in [5.74, 6) is -0.0439. The molecule has 0 atom stereocenters. The summed E-state index contributed by atoms with van der Waals surface area (Å²) in [5.41, 5.74) is 3.71. The average molecular weight is 419 g/mol. The van der Waals surface area contributed by atoms with Gasteiger partial charge in [0.25, 0.3) is 5.91 Å². The molecule has 6 nitrogen and oxygen atoms in total. The Morgan fingerprint density at radius 1 is 1.06 bits per heavy atom. The van der Waals surface area contributed by atoms with Gasteiger partial charge in [0.2, 0.25) is 0 Å². The van der Waals surface area contributed by atoms with Crippen molar-refractivity contribution in [3.8, 4) is 11.1 Å². The van der Waals surface area contributed by atoms with Gasteiger partial charge in [-0.05, 0) is 42.7 Å². The molecule has 1 N–H and O–H groups in total. The minimum absolute atomic E-state index is 0.0439. The second-order valence-electron chi connectivity index (χ2n) is 8.54. The Hall–Kier alpha value is -2.96. The number of nitrogens with zero attached hydrogens (tertiary/aromatic N) is 3. The summed E-state index contributed by atoms with van der Waals surface area (Å²) in [7, 11) is 0. The molecule has 1 aromatic heterocycles. The van der Waals surface area contributed by atoms with Crippen LogP contribution in [0.4, 0.5) is 0 Å². The number of ether oxygens (including phenoxy) is 1. The van der Waals surface area contributed by atoms with E-state index >= 15 is 0 Å². The van der Waals surface area contributed by atoms with Crippen LogP contribution in [0.3, 0.4) is 0 Å². The van der Waals surface area contributed by atoms with Crippen molar-refractivity contribution in [3.63, 3.8) is 0 Å². The van der Waals surface area contributed by atoms with Crippen LogP contribution in [0.2, 0.25) is 0 Å². The van der Waals surface area contributed by atoms with Crippen LogP contribution in [-0.4, -0.2) is 59.0 Å². The van der Waals surface area contributed by atoms with E-state index in [4.69, 9.17) is 4.74 Å². The van der Waals surface area contributed by atoms with E-state index in [0.29, 0.717) is 12.1 Å². The van der Waals surface area contributed by atoms with Crippen molar-refractivity contribution in [1.82, 2.24) is 20.0 Å². The second kappa shape index (κ2) is 9.45. The minimum Gasteiger partial charge on any atom is -0.379 e. The van der Waals surface area contributed by atoms with E-state index in [0.717, 1.165) is 44.0 Å². The molecule has 0 unspecified atom stereocenters. The molecule has 1 fully saturated rings. The zero-order chi connectivity index (χ0) is 21.7. The van der Waals surface area contributed by atoms with Gasteiger partial charge in [0.05, 0.1) is 19.8 Å². The molecule has 3 aromatic rings. The number of benzene rings is 2. The number of hydrogen-bond acceptors (Lipinski definition) is 4. The largest absolute Gasteiger partial charge is 0.379 e. The zero-order valence-electron chi connectivity index (χ0n) is 18.3. The molecule has 0 saturated carbocycles. The summed E-state index contributed by atoms with van der Waals surface area (Å²) in [6.45, 7) is 8.93. The van der Waals surface area contributed by atoms with Gasteiger partial charge in [-0.3, -0.25) is 14.4 Å². The van der Waals surface area contributed by atoms with Gasteiger partial charge in [0.1, 0.15) is 0 Å². The maximum Gasteiger partial charge on any atom is 0.251 e. The van der Waals surface area contributed by atoms with Gasteiger partial charge in [-0.2, -0.15) is 5.10 Å². The Labute approximate surface area is 183 Å². The van der Waals surface area contributed by atoms with E-state index in [1.807, 2.05) is 41.2 Å². The Bertz CT molecular complexity index is 991. The highest BCUT2D eigenvalue weighted by atomic mass is 16.5. The predicted molar refractivity (Wildman–Crippen MR) is 122 cm³/mol. The van der Waals surface area contributed by atoms with Crippen molar-refractivity contribution < 1.29 is 9.53 Å². The van der Waals surface area contributed by atoms with Gasteiger partial charge in [-0.15, -0.1) is 0 Å². The van der Waals surface area contributed by atoms with E-state index in [1.54, 1.807) is 6.20 Å². The summed E-state index contributed by atoms with van der Waals surface area (Å²) in [5, 5.41) is 7.41. The van der Waals surface area contributed by atoms with E-state index in [9.17, 15) is 4.79 Å². The molecule has 0 bridgehead atoms. The first-order valence-electron chi connectivity index (χ1n) is 10.8. The van der Waals surface area contributed by atoms with Crippen LogP contribution in [-0.2, 0) is 11.3 Å². The van der Waals surface area contributed by atoms with Crippen LogP contribution in [0, 0.1) is 0 Å².